The highest BCUT2D eigenvalue weighted by Crippen LogP contribution is 2.33. The number of piperidine rings is 1. The minimum Gasteiger partial charge on any atom is -0.457 e. The smallest absolute Gasteiger partial charge is 0.225 e. The van der Waals surface area contributed by atoms with Gasteiger partial charge < -0.3 is 24.8 Å². The molecule has 9 heteroatoms. The fourth-order valence-electron chi connectivity index (χ4n) is 5.23. The Labute approximate surface area is 247 Å². The van der Waals surface area contributed by atoms with E-state index in [-0.39, 0.29) is 11.3 Å². The molecule has 0 unspecified atom stereocenters. The molecule has 1 saturated heterocycles. The Bertz CT molecular complexity index is 1540. The fraction of sp³-hybridized carbons (Fsp3) is 0.406. The first kappa shape index (κ1) is 28.9. The number of benzene rings is 2. The number of carbonyl (C=O) groups excluding carboxylic acids is 1. The standard InChI is InChI=1S/C32H39ClN6O2/c1-32(2,3)25-18-22(7-9-26(25)33)35-31-36-27-19-23(8-10-28(27)39(31)5)41-24-12-15-34-29(20-24)37-30(40)11-6-21-13-16-38(4)17-14-21/h7-10,12,15,18-21H,6,11,13-14,16-17H2,1-5H3,(H,35,36)(H,34,37,40). The first-order chi connectivity index (χ1) is 19.5. The van der Waals surface area contributed by atoms with Crippen molar-refractivity contribution in [3.63, 3.8) is 0 Å². The monoisotopic (exact) mass is 574 g/mol. The number of nitrogens with one attached hydrogen (secondary N) is 2. The fourth-order valence-corrected chi connectivity index (χ4v) is 5.63. The number of carbonyl (C=O) groups is 1. The van der Waals surface area contributed by atoms with Crippen LogP contribution in [0.15, 0.2) is 54.7 Å². The van der Waals surface area contributed by atoms with E-state index in [0.717, 1.165) is 59.7 Å². The molecular formula is C32H39ClN6O2. The Morgan fingerprint density at radius 3 is 2.56 bits per heavy atom. The largest absolute Gasteiger partial charge is 0.457 e. The summed E-state index contributed by atoms with van der Waals surface area (Å²) in [6.45, 7) is 8.65. The number of ether oxygens (including phenoxy) is 1. The molecule has 0 bridgehead atoms. The van der Waals surface area contributed by atoms with Gasteiger partial charge in [0.05, 0.1) is 11.0 Å². The summed E-state index contributed by atoms with van der Waals surface area (Å²) >= 11 is 6.46. The molecule has 8 nitrogen and oxygen atoms in total. The number of hydrogen-bond acceptors (Lipinski definition) is 6. The summed E-state index contributed by atoms with van der Waals surface area (Å²) in [5, 5.41) is 7.11. The van der Waals surface area contributed by atoms with E-state index < -0.39 is 0 Å². The Kier molecular flexibility index (Phi) is 8.52. The molecule has 3 heterocycles. The van der Waals surface area contributed by atoms with Crippen molar-refractivity contribution >= 4 is 46.0 Å². The molecule has 1 fully saturated rings. The summed E-state index contributed by atoms with van der Waals surface area (Å²) in [5.41, 5.74) is 3.69. The molecule has 2 aromatic carbocycles. The van der Waals surface area contributed by atoms with Crippen LogP contribution in [0.1, 0.15) is 52.0 Å². The molecule has 1 aliphatic heterocycles. The van der Waals surface area contributed by atoms with E-state index in [2.05, 4.69) is 54.4 Å². The second-order valence-corrected chi connectivity index (χ2v) is 12.4. The molecule has 5 rings (SSSR count). The zero-order valence-corrected chi connectivity index (χ0v) is 25.3. The molecule has 0 saturated carbocycles. The lowest BCUT2D eigenvalue weighted by Crippen LogP contribution is -2.30. The van der Waals surface area contributed by atoms with E-state index >= 15 is 0 Å². The van der Waals surface area contributed by atoms with Gasteiger partial charge in [0.15, 0.2) is 0 Å². The van der Waals surface area contributed by atoms with Crippen LogP contribution in [0.2, 0.25) is 5.02 Å². The van der Waals surface area contributed by atoms with Crippen LogP contribution in [0.25, 0.3) is 11.0 Å². The lowest BCUT2D eigenvalue weighted by atomic mass is 9.87. The van der Waals surface area contributed by atoms with Crippen LogP contribution in [0, 0.1) is 5.92 Å². The van der Waals surface area contributed by atoms with Gasteiger partial charge >= 0.3 is 0 Å². The van der Waals surface area contributed by atoms with E-state index in [0.29, 0.717) is 35.6 Å². The van der Waals surface area contributed by atoms with Gasteiger partial charge in [0.2, 0.25) is 11.9 Å². The van der Waals surface area contributed by atoms with Gasteiger partial charge in [0, 0.05) is 42.5 Å². The van der Waals surface area contributed by atoms with Gasteiger partial charge in [0.1, 0.15) is 17.3 Å². The number of imidazole rings is 1. The summed E-state index contributed by atoms with van der Waals surface area (Å²) in [4.78, 5) is 24.0. The van der Waals surface area contributed by atoms with Crippen LogP contribution in [0.4, 0.5) is 17.5 Å². The summed E-state index contributed by atoms with van der Waals surface area (Å²) in [5.74, 6) is 3.04. The lowest BCUT2D eigenvalue weighted by Gasteiger charge is -2.28. The van der Waals surface area contributed by atoms with Crippen LogP contribution < -0.4 is 15.4 Å². The Morgan fingerprint density at radius 1 is 1.05 bits per heavy atom. The first-order valence-corrected chi connectivity index (χ1v) is 14.6. The van der Waals surface area contributed by atoms with Gasteiger partial charge in [-0.1, -0.05) is 32.4 Å². The van der Waals surface area contributed by atoms with E-state index in [1.165, 1.54) is 0 Å². The number of nitrogens with zero attached hydrogens (tertiary/aromatic N) is 4. The van der Waals surface area contributed by atoms with Gasteiger partial charge in [-0.15, -0.1) is 0 Å². The van der Waals surface area contributed by atoms with E-state index in [9.17, 15) is 4.79 Å². The zero-order valence-electron chi connectivity index (χ0n) is 24.5. The van der Waals surface area contributed by atoms with Crippen LogP contribution in [-0.4, -0.2) is 45.5 Å². The molecule has 2 N–H and O–H groups in total. The van der Waals surface area contributed by atoms with Crippen LogP contribution >= 0.6 is 11.6 Å². The summed E-state index contributed by atoms with van der Waals surface area (Å²) < 4.78 is 8.14. The van der Waals surface area contributed by atoms with Crippen molar-refractivity contribution in [1.82, 2.24) is 19.4 Å². The topological polar surface area (TPSA) is 84.3 Å². The zero-order chi connectivity index (χ0) is 29.1. The maximum Gasteiger partial charge on any atom is 0.225 e. The van der Waals surface area contributed by atoms with Gasteiger partial charge in [-0.3, -0.25) is 4.79 Å². The minimum absolute atomic E-state index is 0.0150. The minimum atomic E-state index is -0.0739. The Hall–Kier alpha value is -3.62. The predicted molar refractivity (Wildman–Crippen MR) is 167 cm³/mol. The molecule has 1 aliphatic rings. The molecule has 2 aromatic heterocycles. The predicted octanol–water partition coefficient (Wildman–Crippen LogP) is 7.52. The summed E-state index contributed by atoms with van der Waals surface area (Å²) in [7, 11) is 4.13. The van der Waals surface area contributed by atoms with Gasteiger partial charge in [-0.2, -0.15) is 0 Å². The quantitative estimate of drug-likeness (QED) is 0.226. The van der Waals surface area contributed by atoms with Crippen molar-refractivity contribution in [2.45, 2.75) is 51.9 Å². The molecule has 0 radical (unpaired) electrons. The number of hydrogen-bond donors (Lipinski definition) is 2. The van der Waals surface area contributed by atoms with Gasteiger partial charge in [-0.05, 0) is 92.7 Å². The number of halogens is 1. The van der Waals surface area contributed by atoms with Gasteiger partial charge in [-0.25, -0.2) is 9.97 Å². The third-order valence-corrected chi connectivity index (χ3v) is 8.06. The Balaban J connectivity index is 1.24. The third-order valence-electron chi connectivity index (χ3n) is 7.74. The maximum atomic E-state index is 12.6. The number of likely N-dealkylation sites (tertiary alicyclic amines) is 1. The van der Waals surface area contributed by atoms with Crippen molar-refractivity contribution in [2.24, 2.45) is 13.0 Å². The molecule has 0 spiro atoms. The van der Waals surface area contributed by atoms with Crippen molar-refractivity contribution in [2.75, 3.05) is 30.8 Å². The number of amides is 1. The normalized spacial score (nSPS) is 14.8. The van der Waals surface area contributed by atoms with Crippen molar-refractivity contribution in [1.29, 1.82) is 0 Å². The van der Waals surface area contributed by atoms with Crippen molar-refractivity contribution in [3.8, 4) is 11.5 Å². The second-order valence-electron chi connectivity index (χ2n) is 12.0. The van der Waals surface area contributed by atoms with E-state index in [1.54, 1.807) is 18.3 Å². The average molecular weight is 575 g/mol. The van der Waals surface area contributed by atoms with Crippen LogP contribution in [0.5, 0.6) is 11.5 Å². The van der Waals surface area contributed by atoms with E-state index in [4.69, 9.17) is 21.3 Å². The SMILES string of the molecule is CN1CCC(CCC(=O)Nc2cc(Oc3ccc4c(c3)nc(Nc3ccc(Cl)c(C(C)(C)C)c3)n4C)ccn2)CC1. The van der Waals surface area contributed by atoms with Crippen LogP contribution in [0.3, 0.4) is 0 Å². The number of fused-ring (bicyclic) bond motifs is 1. The highest BCUT2D eigenvalue weighted by atomic mass is 35.5. The number of aryl methyl sites for hydroxylation is 1. The van der Waals surface area contributed by atoms with Crippen LogP contribution in [-0.2, 0) is 17.3 Å². The number of aromatic nitrogens is 3. The third kappa shape index (κ3) is 7.18. The molecule has 0 atom stereocenters. The second kappa shape index (κ2) is 12.1. The average Bonchev–Trinajstić information content (AvgIpc) is 3.23. The molecule has 0 aliphatic carbocycles. The number of rotatable bonds is 8. The summed E-state index contributed by atoms with van der Waals surface area (Å²) in [6.07, 6.45) is 5.36. The highest BCUT2D eigenvalue weighted by Gasteiger charge is 2.19. The van der Waals surface area contributed by atoms with E-state index in [1.807, 2.05) is 41.9 Å². The lowest BCUT2D eigenvalue weighted by molar-refractivity contribution is -0.116. The number of pyridine rings is 1. The summed E-state index contributed by atoms with van der Waals surface area (Å²) in [6, 6.07) is 15.3. The molecule has 41 heavy (non-hydrogen) atoms. The molecule has 4 aromatic rings. The van der Waals surface area contributed by atoms with Gasteiger partial charge in [0.25, 0.3) is 0 Å². The first-order valence-electron chi connectivity index (χ1n) is 14.2. The Morgan fingerprint density at radius 2 is 1.80 bits per heavy atom. The molecule has 1 amide bonds. The maximum absolute atomic E-state index is 12.6. The molecular weight excluding hydrogens is 536 g/mol. The van der Waals surface area contributed by atoms with Crippen molar-refractivity contribution < 1.29 is 9.53 Å². The highest BCUT2D eigenvalue weighted by molar-refractivity contribution is 6.31. The number of anilines is 3. The molecule has 216 valence electrons. The van der Waals surface area contributed by atoms with Crippen molar-refractivity contribution in [3.05, 3.63) is 65.3 Å².